The van der Waals surface area contributed by atoms with E-state index in [2.05, 4.69) is 27.3 Å². The summed E-state index contributed by atoms with van der Waals surface area (Å²) in [4.78, 5) is 19.6. The van der Waals surface area contributed by atoms with Crippen molar-refractivity contribution in [3.05, 3.63) is 71.2 Å². The van der Waals surface area contributed by atoms with Gasteiger partial charge in [-0.05, 0) is 55.8 Å². The van der Waals surface area contributed by atoms with E-state index >= 15 is 0 Å². The highest BCUT2D eigenvalue weighted by Crippen LogP contribution is 2.22. The van der Waals surface area contributed by atoms with E-state index in [9.17, 15) is 9.18 Å². The van der Waals surface area contributed by atoms with Gasteiger partial charge in [0.15, 0.2) is 0 Å². The zero-order valence-electron chi connectivity index (χ0n) is 16.6. The van der Waals surface area contributed by atoms with Gasteiger partial charge in [0.1, 0.15) is 5.82 Å². The Morgan fingerprint density at radius 2 is 1.86 bits per heavy atom. The summed E-state index contributed by atoms with van der Waals surface area (Å²) in [5.74, 6) is -0.561. The normalized spacial score (nSPS) is 15.3. The van der Waals surface area contributed by atoms with E-state index in [0.29, 0.717) is 22.2 Å². The molecule has 3 aromatic rings. The number of anilines is 1. The van der Waals surface area contributed by atoms with Crippen LogP contribution in [0.15, 0.2) is 48.5 Å². The van der Waals surface area contributed by atoms with Crippen molar-refractivity contribution in [2.24, 2.45) is 0 Å². The first kappa shape index (κ1) is 19.3. The Morgan fingerprint density at radius 1 is 1.14 bits per heavy atom. The van der Waals surface area contributed by atoms with Crippen molar-refractivity contribution >= 4 is 22.5 Å². The van der Waals surface area contributed by atoms with Gasteiger partial charge in [0, 0.05) is 24.2 Å². The molecule has 1 atom stereocenters. The SMILES string of the molecule is Cc1nc2ccc(F)cc2cc1C(=O)N[C@@H](C)c1ccc(N2CCOCC2)cc1. The fourth-order valence-electron chi connectivity index (χ4n) is 3.63. The predicted molar refractivity (Wildman–Crippen MR) is 112 cm³/mol. The molecule has 1 aromatic heterocycles. The molecular weight excluding hydrogens is 369 g/mol. The Kier molecular flexibility index (Phi) is 5.45. The summed E-state index contributed by atoms with van der Waals surface area (Å²) in [6.45, 7) is 7.01. The number of hydrogen-bond acceptors (Lipinski definition) is 4. The number of nitrogens with one attached hydrogen (secondary N) is 1. The first-order valence-corrected chi connectivity index (χ1v) is 9.82. The molecule has 6 heteroatoms. The number of carbonyl (C=O) groups is 1. The van der Waals surface area contributed by atoms with Gasteiger partial charge in [-0.25, -0.2) is 4.39 Å². The number of aryl methyl sites for hydroxylation is 1. The number of hydrogen-bond donors (Lipinski definition) is 1. The molecular formula is C23H24FN3O2. The zero-order chi connectivity index (χ0) is 20.4. The van der Waals surface area contributed by atoms with Gasteiger partial charge < -0.3 is 15.0 Å². The van der Waals surface area contributed by atoms with Crippen LogP contribution in [0.5, 0.6) is 0 Å². The van der Waals surface area contributed by atoms with Crippen LogP contribution in [-0.2, 0) is 4.74 Å². The number of morpholine rings is 1. The minimum absolute atomic E-state index is 0.163. The maximum absolute atomic E-state index is 13.5. The molecule has 2 heterocycles. The van der Waals surface area contributed by atoms with Gasteiger partial charge >= 0.3 is 0 Å². The topological polar surface area (TPSA) is 54.5 Å². The molecule has 0 bridgehead atoms. The van der Waals surface area contributed by atoms with Crippen molar-refractivity contribution in [2.45, 2.75) is 19.9 Å². The molecule has 1 amide bonds. The summed E-state index contributed by atoms with van der Waals surface area (Å²) in [5.41, 5.74) is 3.93. The van der Waals surface area contributed by atoms with Crippen LogP contribution in [0, 0.1) is 12.7 Å². The van der Waals surface area contributed by atoms with Crippen molar-refractivity contribution < 1.29 is 13.9 Å². The zero-order valence-corrected chi connectivity index (χ0v) is 16.6. The van der Waals surface area contributed by atoms with Crippen LogP contribution in [0.4, 0.5) is 10.1 Å². The number of pyridine rings is 1. The van der Waals surface area contributed by atoms with Crippen molar-refractivity contribution in [3.63, 3.8) is 0 Å². The third-order valence-corrected chi connectivity index (χ3v) is 5.33. The van der Waals surface area contributed by atoms with Crippen molar-refractivity contribution in [2.75, 3.05) is 31.2 Å². The van der Waals surface area contributed by atoms with Gasteiger partial charge in [-0.3, -0.25) is 9.78 Å². The highest BCUT2D eigenvalue weighted by Gasteiger charge is 2.16. The van der Waals surface area contributed by atoms with Gasteiger partial charge in [-0.2, -0.15) is 0 Å². The Bertz CT molecular complexity index is 1030. The summed E-state index contributed by atoms with van der Waals surface area (Å²) in [7, 11) is 0. The van der Waals surface area contributed by atoms with Gasteiger partial charge in [0.25, 0.3) is 5.91 Å². The van der Waals surface area contributed by atoms with E-state index in [1.54, 1.807) is 19.1 Å². The summed E-state index contributed by atoms with van der Waals surface area (Å²) in [5, 5.41) is 3.64. The van der Waals surface area contributed by atoms with E-state index in [0.717, 1.165) is 37.6 Å². The number of carbonyl (C=O) groups excluding carboxylic acids is 1. The van der Waals surface area contributed by atoms with Crippen molar-refractivity contribution in [3.8, 4) is 0 Å². The second-order valence-electron chi connectivity index (χ2n) is 7.34. The molecule has 1 aliphatic heterocycles. The summed E-state index contributed by atoms with van der Waals surface area (Å²) < 4.78 is 18.9. The molecule has 0 unspecified atom stereocenters. The first-order chi connectivity index (χ1) is 14.0. The average Bonchev–Trinajstić information content (AvgIpc) is 2.74. The lowest BCUT2D eigenvalue weighted by atomic mass is 10.1. The average molecular weight is 393 g/mol. The molecule has 4 rings (SSSR count). The number of halogens is 1. The van der Waals surface area contributed by atoms with E-state index in [1.807, 2.05) is 19.1 Å². The van der Waals surface area contributed by atoms with Gasteiger partial charge in [-0.1, -0.05) is 12.1 Å². The highest BCUT2D eigenvalue weighted by atomic mass is 19.1. The highest BCUT2D eigenvalue weighted by molar-refractivity contribution is 5.98. The third kappa shape index (κ3) is 4.22. The quantitative estimate of drug-likeness (QED) is 0.728. The minimum atomic E-state index is -0.344. The Morgan fingerprint density at radius 3 is 2.59 bits per heavy atom. The maximum atomic E-state index is 13.5. The molecule has 0 aliphatic carbocycles. The number of rotatable bonds is 4. The third-order valence-electron chi connectivity index (χ3n) is 5.33. The van der Waals surface area contributed by atoms with Gasteiger partial charge in [0.2, 0.25) is 0 Å². The second-order valence-corrected chi connectivity index (χ2v) is 7.34. The number of benzene rings is 2. The number of nitrogens with zero attached hydrogens (tertiary/aromatic N) is 2. The molecule has 29 heavy (non-hydrogen) atoms. The van der Waals surface area contributed by atoms with E-state index in [4.69, 9.17) is 4.74 Å². The number of aromatic nitrogens is 1. The fourth-order valence-corrected chi connectivity index (χ4v) is 3.63. The molecule has 0 spiro atoms. The van der Waals surface area contributed by atoms with Crippen LogP contribution in [0.1, 0.15) is 34.6 Å². The van der Waals surface area contributed by atoms with Crippen molar-refractivity contribution in [1.29, 1.82) is 0 Å². The molecule has 5 nitrogen and oxygen atoms in total. The Labute approximate surface area is 169 Å². The fraction of sp³-hybridized carbons (Fsp3) is 0.304. The second kappa shape index (κ2) is 8.17. The van der Waals surface area contributed by atoms with Crippen LogP contribution in [-0.4, -0.2) is 37.2 Å². The molecule has 0 saturated carbocycles. The van der Waals surface area contributed by atoms with Crippen molar-refractivity contribution in [1.82, 2.24) is 10.3 Å². The number of amides is 1. The Balaban J connectivity index is 1.49. The van der Waals surface area contributed by atoms with Crippen LogP contribution in [0.25, 0.3) is 10.9 Å². The first-order valence-electron chi connectivity index (χ1n) is 9.82. The lowest BCUT2D eigenvalue weighted by molar-refractivity contribution is 0.0939. The molecule has 1 saturated heterocycles. The van der Waals surface area contributed by atoms with E-state index in [1.165, 1.54) is 12.1 Å². The van der Waals surface area contributed by atoms with E-state index in [-0.39, 0.29) is 17.8 Å². The van der Waals surface area contributed by atoms with E-state index < -0.39 is 0 Å². The molecule has 0 radical (unpaired) electrons. The van der Waals surface area contributed by atoms with Crippen LogP contribution < -0.4 is 10.2 Å². The smallest absolute Gasteiger partial charge is 0.253 e. The lowest BCUT2D eigenvalue weighted by Crippen LogP contribution is -2.36. The predicted octanol–water partition coefficient (Wildman–Crippen LogP) is 4.01. The largest absolute Gasteiger partial charge is 0.378 e. The standard InChI is InChI=1S/C23H24FN3O2/c1-15(17-3-6-20(7-4-17)27-9-11-29-12-10-27)26-23(28)21-14-18-13-19(24)5-8-22(18)25-16(21)2/h3-8,13-15H,9-12H2,1-2H3,(H,26,28)/t15-/m0/s1. The summed E-state index contributed by atoms with van der Waals surface area (Å²) in [6, 6.07) is 14.2. The van der Waals surface area contributed by atoms with Crippen LogP contribution >= 0.6 is 0 Å². The van der Waals surface area contributed by atoms with Gasteiger partial charge in [0.05, 0.1) is 36.0 Å². The molecule has 150 valence electrons. The molecule has 1 fully saturated rings. The molecule has 2 aromatic carbocycles. The van der Waals surface area contributed by atoms with Gasteiger partial charge in [-0.15, -0.1) is 0 Å². The summed E-state index contributed by atoms with van der Waals surface area (Å²) in [6.07, 6.45) is 0. The van der Waals surface area contributed by atoms with Crippen LogP contribution in [0.3, 0.4) is 0 Å². The number of ether oxygens (including phenoxy) is 1. The van der Waals surface area contributed by atoms with Crippen LogP contribution in [0.2, 0.25) is 0 Å². The monoisotopic (exact) mass is 393 g/mol. The maximum Gasteiger partial charge on any atom is 0.253 e. The molecule has 1 N–H and O–H groups in total. The minimum Gasteiger partial charge on any atom is -0.378 e. The number of fused-ring (bicyclic) bond motifs is 1. The Hall–Kier alpha value is -2.99. The lowest BCUT2D eigenvalue weighted by Gasteiger charge is -2.29. The molecule has 1 aliphatic rings. The summed E-state index contributed by atoms with van der Waals surface area (Å²) >= 11 is 0.